The third-order valence-corrected chi connectivity index (χ3v) is 5.24. The van der Waals surface area contributed by atoms with Crippen LogP contribution in [0.3, 0.4) is 0 Å². The van der Waals surface area contributed by atoms with Gasteiger partial charge in [-0.3, -0.25) is 4.79 Å². The van der Waals surface area contributed by atoms with Crippen LogP contribution in [0.2, 0.25) is 0 Å². The molecule has 0 aliphatic rings. The van der Waals surface area contributed by atoms with E-state index in [0.29, 0.717) is 0 Å². The van der Waals surface area contributed by atoms with E-state index in [1.54, 1.807) is 11.3 Å². The van der Waals surface area contributed by atoms with Crippen LogP contribution in [0.4, 0.5) is 0 Å². The van der Waals surface area contributed by atoms with Gasteiger partial charge in [-0.1, -0.05) is 15.9 Å². The lowest BCUT2D eigenvalue weighted by molar-refractivity contribution is -0.123. The van der Waals surface area contributed by atoms with Crippen LogP contribution >= 0.6 is 43.2 Å². The Bertz CT molecular complexity index is 733. The van der Waals surface area contributed by atoms with Crippen LogP contribution in [0, 0.1) is 13.8 Å². The molecule has 23 heavy (non-hydrogen) atoms. The smallest absolute Gasteiger partial charge is 0.277 e. The van der Waals surface area contributed by atoms with Gasteiger partial charge in [0.05, 0.1) is 14.4 Å². The van der Waals surface area contributed by atoms with Gasteiger partial charge in [0.25, 0.3) is 5.91 Å². The van der Waals surface area contributed by atoms with Gasteiger partial charge < -0.3 is 4.74 Å². The zero-order valence-corrected chi connectivity index (χ0v) is 16.9. The van der Waals surface area contributed by atoms with Crippen molar-refractivity contribution in [1.82, 2.24) is 5.43 Å². The largest absolute Gasteiger partial charge is 0.483 e. The number of nitrogens with zero attached hydrogens (tertiary/aromatic N) is 1. The van der Waals surface area contributed by atoms with E-state index in [9.17, 15) is 4.79 Å². The number of hydrazone groups is 1. The molecule has 0 saturated carbocycles. The van der Waals surface area contributed by atoms with E-state index in [0.717, 1.165) is 35.7 Å². The molecule has 0 radical (unpaired) electrons. The fraction of sp³-hybridized carbons (Fsp3) is 0.250. The first kappa shape index (κ1) is 18.2. The molecule has 2 aromatic rings. The van der Waals surface area contributed by atoms with Gasteiger partial charge in [0.2, 0.25) is 0 Å². The summed E-state index contributed by atoms with van der Waals surface area (Å²) in [7, 11) is 0. The Hall–Kier alpha value is -1.18. The molecule has 0 saturated heterocycles. The molecule has 1 heterocycles. The van der Waals surface area contributed by atoms with Crippen molar-refractivity contribution in [3.8, 4) is 5.75 Å². The van der Waals surface area contributed by atoms with E-state index in [1.165, 1.54) is 0 Å². The number of carbonyl (C=O) groups is 1. The third-order valence-electron chi connectivity index (χ3n) is 3.05. The minimum absolute atomic E-state index is 0.0752. The van der Waals surface area contributed by atoms with Crippen LogP contribution in [0.5, 0.6) is 5.75 Å². The van der Waals surface area contributed by atoms with Gasteiger partial charge in [0, 0.05) is 4.47 Å². The molecule has 1 aromatic carbocycles. The average molecular weight is 460 g/mol. The summed E-state index contributed by atoms with van der Waals surface area (Å²) >= 11 is 8.40. The number of hydrogen-bond donors (Lipinski definition) is 1. The number of carbonyl (C=O) groups excluding carboxylic acids is 1. The molecule has 4 nitrogen and oxygen atoms in total. The SMILES string of the molecule is CC(=NNC(=O)COc1c(C)cc(Br)cc1C)c1ccc(Br)s1. The van der Waals surface area contributed by atoms with Gasteiger partial charge in [-0.25, -0.2) is 5.43 Å². The first-order valence-corrected chi connectivity index (χ1v) is 9.25. The summed E-state index contributed by atoms with van der Waals surface area (Å²) in [4.78, 5) is 12.9. The molecule has 0 aliphatic heterocycles. The highest BCUT2D eigenvalue weighted by molar-refractivity contribution is 9.11. The lowest BCUT2D eigenvalue weighted by atomic mass is 10.1. The first-order chi connectivity index (χ1) is 10.9. The standard InChI is InChI=1S/C16H16Br2N2O2S/c1-9-6-12(17)7-10(2)16(9)22-8-15(21)20-19-11(3)13-4-5-14(18)23-13/h4-7H,8H2,1-3H3,(H,20,21). The van der Waals surface area contributed by atoms with Crippen molar-refractivity contribution >= 4 is 54.8 Å². The lowest BCUT2D eigenvalue weighted by Crippen LogP contribution is -2.25. The van der Waals surface area contributed by atoms with Gasteiger partial charge in [-0.15, -0.1) is 11.3 Å². The summed E-state index contributed by atoms with van der Waals surface area (Å²) in [5.74, 6) is 0.438. The summed E-state index contributed by atoms with van der Waals surface area (Å²) in [5, 5.41) is 4.10. The Morgan fingerprint density at radius 2 is 1.91 bits per heavy atom. The summed E-state index contributed by atoms with van der Waals surface area (Å²) < 4.78 is 7.64. The highest BCUT2D eigenvalue weighted by atomic mass is 79.9. The highest BCUT2D eigenvalue weighted by Crippen LogP contribution is 2.27. The van der Waals surface area contributed by atoms with Gasteiger partial charge in [0.15, 0.2) is 6.61 Å². The van der Waals surface area contributed by atoms with Crippen molar-refractivity contribution in [3.63, 3.8) is 0 Å². The van der Waals surface area contributed by atoms with Crippen LogP contribution < -0.4 is 10.2 Å². The van der Waals surface area contributed by atoms with E-state index in [4.69, 9.17) is 4.74 Å². The Balaban J connectivity index is 1.93. The van der Waals surface area contributed by atoms with E-state index < -0.39 is 0 Å². The average Bonchev–Trinajstić information content (AvgIpc) is 2.90. The van der Waals surface area contributed by atoms with Crippen LogP contribution in [0.1, 0.15) is 22.9 Å². The van der Waals surface area contributed by atoms with Crippen LogP contribution in [-0.4, -0.2) is 18.2 Å². The summed E-state index contributed by atoms with van der Waals surface area (Å²) in [6, 6.07) is 7.81. The van der Waals surface area contributed by atoms with Gasteiger partial charge in [-0.05, 0) is 72.1 Å². The van der Waals surface area contributed by atoms with Gasteiger partial charge >= 0.3 is 0 Å². The number of hydrogen-bond acceptors (Lipinski definition) is 4. The summed E-state index contributed by atoms with van der Waals surface area (Å²) in [6.07, 6.45) is 0. The number of halogens is 2. The van der Waals surface area contributed by atoms with Crippen LogP contribution in [-0.2, 0) is 4.79 Å². The van der Waals surface area contributed by atoms with Crippen molar-refractivity contribution < 1.29 is 9.53 Å². The second-order valence-corrected chi connectivity index (χ2v) is 8.37. The van der Waals surface area contributed by atoms with Crippen molar-refractivity contribution in [2.45, 2.75) is 20.8 Å². The maximum atomic E-state index is 11.9. The maximum absolute atomic E-state index is 11.9. The molecule has 1 aromatic heterocycles. The fourth-order valence-electron chi connectivity index (χ4n) is 2.01. The quantitative estimate of drug-likeness (QED) is 0.515. The number of thiophene rings is 1. The topological polar surface area (TPSA) is 50.7 Å². The van der Waals surface area contributed by atoms with E-state index in [2.05, 4.69) is 42.4 Å². The predicted molar refractivity (Wildman–Crippen MR) is 101 cm³/mol. The first-order valence-electron chi connectivity index (χ1n) is 6.85. The van der Waals surface area contributed by atoms with Crippen molar-refractivity contribution in [3.05, 3.63) is 48.5 Å². The molecule has 2 rings (SSSR count). The van der Waals surface area contributed by atoms with Crippen LogP contribution in [0.25, 0.3) is 0 Å². The monoisotopic (exact) mass is 458 g/mol. The predicted octanol–water partition coefficient (Wildman–Crippen LogP) is 4.81. The Morgan fingerprint density at radius 3 is 2.48 bits per heavy atom. The maximum Gasteiger partial charge on any atom is 0.277 e. The fourth-order valence-corrected chi connectivity index (χ4v) is 4.02. The highest BCUT2D eigenvalue weighted by Gasteiger charge is 2.09. The molecule has 1 N–H and O–H groups in total. The number of ether oxygens (including phenoxy) is 1. The second-order valence-electron chi connectivity index (χ2n) is 4.99. The van der Waals surface area contributed by atoms with E-state index >= 15 is 0 Å². The molecule has 0 spiro atoms. The van der Waals surface area contributed by atoms with Crippen molar-refractivity contribution in [2.24, 2.45) is 5.10 Å². The summed E-state index contributed by atoms with van der Waals surface area (Å²) in [5.41, 5.74) is 5.23. The van der Waals surface area contributed by atoms with Gasteiger partial charge in [-0.2, -0.15) is 5.10 Å². The molecule has 0 fully saturated rings. The second kappa shape index (κ2) is 8.08. The molecule has 0 unspecified atom stereocenters. The molecule has 122 valence electrons. The minimum atomic E-state index is -0.290. The normalized spacial score (nSPS) is 11.4. The van der Waals surface area contributed by atoms with Crippen molar-refractivity contribution in [1.29, 1.82) is 0 Å². The number of nitrogens with one attached hydrogen (secondary N) is 1. The molecule has 1 amide bonds. The zero-order valence-electron chi connectivity index (χ0n) is 12.9. The number of amides is 1. The van der Waals surface area contributed by atoms with Crippen molar-refractivity contribution in [2.75, 3.05) is 6.61 Å². The molecular weight excluding hydrogens is 444 g/mol. The Kier molecular flexibility index (Phi) is 6.38. The Morgan fingerprint density at radius 1 is 1.26 bits per heavy atom. The molecular formula is C16H16Br2N2O2S. The molecule has 0 bridgehead atoms. The molecule has 0 atom stereocenters. The van der Waals surface area contributed by atoms with Crippen LogP contribution in [0.15, 0.2) is 37.6 Å². The minimum Gasteiger partial charge on any atom is -0.483 e. The molecule has 7 heteroatoms. The Labute approximate surface area is 156 Å². The van der Waals surface area contributed by atoms with Gasteiger partial charge in [0.1, 0.15) is 5.75 Å². The van der Waals surface area contributed by atoms with E-state index in [1.807, 2.05) is 45.0 Å². The summed E-state index contributed by atoms with van der Waals surface area (Å²) in [6.45, 7) is 5.67. The van der Waals surface area contributed by atoms with E-state index in [-0.39, 0.29) is 12.5 Å². The molecule has 0 aliphatic carbocycles. The number of rotatable bonds is 5. The number of aryl methyl sites for hydroxylation is 2. The number of benzene rings is 1. The third kappa shape index (κ3) is 5.16. The zero-order chi connectivity index (χ0) is 17.0. The lowest BCUT2D eigenvalue weighted by Gasteiger charge is -2.12.